The van der Waals surface area contributed by atoms with Crippen LogP contribution in [0.5, 0.6) is 5.75 Å². The summed E-state index contributed by atoms with van der Waals surface area (Å²) < 4.78 is 7.63. The molecular weight excluding hydrogens is 216 g/mol. The van der Waals surface area contributed by atoms with Gasteiger partial charge >= 0.3 is 0 Å². The van der Waals surface area contributed by atoms with Gasteiger partial charge in [-0.2, -0.15) is 0 Å². The minimum Gasteiger partial charge on any atom is -0.470 e. The first-order valence-corrected chi connectivity index (χ1v) is 5.36. The van der Waals surface area contributed by atoms with Crippen LogP contribution in [0.2, 0.25) is 0 Å². The molecule has 1 heterocycles. The normalized spacial score (nSPS) is 12.1. The first-order chi connectivity index (χ1) is 8.16. The number of carbonyl (C=O) groups excluding carboxylic acids is 1. The van der Waals surface area contributed by atoms with Gasteiger partial charge in [0.25, 0.3) is 0 Å². The summed E-state index contributed by atoms with van der Waals surface area (Å²) in [5, 5.41) is 0. The first kappa shape index (κ1) is 11.3. The number of rotatable bonds is 4. The van der Waals surface area contributed by atoms with Crippen LogP contribution < -0.4 is 10.5 Å². The second-order valence-corrected chi connectivity index (χ2v) is 3.74. The Bertz CT molecular complexity index is 506. The van der Waals surface area contributed by atoms with Crippen LogP contribution in [-0.4, -0.2) is 10.5 Å². The lowest BCUT2D eigenvalue weighted by Gasteiger charge is -2.16. The molecule has 1 amide bonds. The Kier molecular flexibility index (Phi) is 3.14. The zero-order chi connectivity index (χ0) is 12.3. The van der Waals surface area contributed by atoms with Gasteiger partial charge in [0.2, 0.25) is 5.91 Å². The van der Waals surface area contributed by atoms with E-state index in [2.05, 4.69) is 0 Å². The third kappa shape index (κ3) is 2.66. The molecule has 4 nitrogen and oxygen atoms in total. The molecule has 0 bridgehead atoms. The van der Waals surface area contributed by atoms with Crippen molar-refractivity contribution in [1.29, 1.82) is 0 Å². The van der Waals surface area contributed by atoms with Gasteiger partial charge in [-0.15, -0.1) is 0 Å². The lowest BCUT2D eigenvalue weighted by atomic mass is 10.2. The first-order valence-electron chi connectivity index (χ1n) is 5.36. The number of amides is 1. The molecule has 4 heteroatoms. The third-order valence-corrected chi connectivity index (χ3v) is 2.47. The lowest BCUT2D eigenvalue weighted by molar-refractivity contribution is 0.0998. The van der Waals surface area contributed by atoms with Crippen LogP contribution in [0.25, 0.3) is 0 Å². The van der Waals surface area contributed by atoms with Crippen LogP contribution in [-0.2, 0) is 0 Å². The summed E-state index contributed by atoms with van der Waals surface area (Å²) in [6, 6.07) is 10.7. The van der Waals surface area contributed by atoms with Gasteiger partial charge < -0.3 is 15.0 Å². The second-order valence-electron chi connectivity index (χ2n) is 3.74. The smallest absolute Gasteiger partial charge is 0.248 e. The van der Waals surface area contributed by atoms with Crippen LogP contribution in [0.1, 0.15) is 23.5 Å². The molecule has 0 spiro atoms. The molecule has 2 aromatic rings. The Hall–Kier alpha value is -2.23. The van der Waals surface area contributed by atoms with Crippen molar-refractivity contribution < 1.29 is 9.53 Å². The van der Waals surface area contributed by atoms with E-state index in [0.29, 0.717) is 11.3 Å². The monoisotopic (exact) mass is 230 g/mol. The van der Waals surface area contributed by atoms with Gasteiger partial charge in [0.1, 0.15) is 5.75 Å². The highest BCUT2D eigenvalue weighted by Gasteiger charge is 2.06. The van der Waals surface area contributed by atoms with Crippen molar-refractivity contribution in [2.75, 3.05) is 0 Å². The van der Waals surface area contributed by atoms with Gasteiger partial charge in [0, 0.05) is 18.0 Å². The fraction of sp³-hybridized carbons (Fsp3) is 0.154. The summed E-state index contributed by atoms with van der Waals surface area (Å²) >= 11 is 0. The van der Waals surface area contributed by atoms with Gasteiger partial charge in [-0.3, -0.25) is 4.79 Å². The summed E-state index contributed by atoms with van der Waals surface area (Å²) in [5.74, 6) is 0.173. The van der Waals surface area contributed by atoms with Crippen LogP contribution in [0.4, 0.5) is 0 Å². The lowest BCUT2D eigenvalue weighted by Crippen LogP contribution is -2.13. The summed E-state index contributed by atoms with van der Waals surface area (Å²) in [6.07, 6.45) is 3.71. The Morgan fingerprint density at radius 2 is 2.00 bits per heavy atom. The molecule has 0 saturated heterocycles. The minimum absolute atomic E-state index is 0.131. The van der Waals surface area contributed by atoms with E-state index in [1.165, 1.54) is 0 Å². The minimum atomic E-state index is -0.455. The zero-order valence-electron chi connectivity index (χ0n) is 9.54. The van der Waals surface area contributed by atoms with Crippen molar-refractivity contribution in [2.24, 2.45) is 5.73 Å². The highest BCUT2D eigenvalue weighted by molar-refractivity contribution is 5.93. The van der Waals surface area contributed by atoms with Gasteiger partial charge in [0.05, 0.1) is 0 Å². The summed E-state index contributed by atoms with van der Waals surface area (Å²) in [6.45, 7) is 1.93. The molecule has 0 aliphatic carbocycles. The molecule has 2 rings (SSSR count). The number of benzene rings is 1. The number of nitrogens with zero attached hydrogens (tertiary/aromatic N) is 1. The number of hydrogen-bond donors (Lipinski definition) is 1. The largest absolute Gasteiger partial charge is 0.470 e. The number of aromatic nitrogens is 1. The molecular formula is C13H14N2O2. The van der Waals surface area contributed by atoms with Gasteiger partial charge in [-0.05, 0) is 37.3 Å². The molecule has 88 valence electrons. The molecule has 0 aliphatic rings. The molecule has 0 saturated carbocycles. The Morgan fingerprint density at radius 3 is 2.65 bits per heavy atom. The number of carbonyl (C=O) groups is 1. The number of hydrogen-bond acceptors (Lipinski definition) is 2. The standard InChI is InChI=1S/C13H14N2O2/c1-10(15-7-2-3-8-15)17-12-6-4-5-11(9-12)13(14)16/h2-10H,1H3,(H2,14,16). The van der Waals surface area contributed by atoms with E-state index in [1.807, 2.05) is 36.0 Å². The SMILES string of the molecule is CC(Oc1cccc(C(N)=O)c1)n1cccc1. The summed E-state index contributed by atoms with van der Waals surface area (Å²) in [5.41, 5.74) is 5.65. The fourth-order valence-corrected chi connectivity index (χ4v) is 1.57. The maximum Gasteiger partial charge on any atom is 0.248 e. The van der Waals surface area contributed by atoms with Crippen LogP contribution in [0.15, 0.2) is 48.8 Å². The molecule has 0 radical (unpaired) electrons. The van der Waals surface area contributed by atoms with Crippen molar-refractivity contribution in [3.05, 3.63) is 54.4 Å². The third-order valence-electron chi connectivity index (χ3n) is 2.47. The van der Waals surface area contributed by atoms with E-state index in [0.717, 1.165) is 0 Å². The molecule has 0 fully saturated rings. The Balaban J connectivity index is 2.13. The Labute approximate surface area is 99.6 Å². The molecule has 0 aliphatic heterocycles. The molecule has 1 unspecified atom stereocenters. The topological polar surface area (TPSA) is 57.2 Å². The zero-order valence-corrected chi connectivity index (χ0v) is 9.54. The quantitative estimate of drug-likeness (QED) is 0.875. The fourth-order valence-electron chi connectivity index (χ4n) is 1.57. The van der Waals surface area contributed by atoms with E-state index in [1.54, 1.807) is 24.3 Å². The van der Waals surface area contributed by atoms with Crippen molar-refractivity contribution in [3.8, 4) is 5.75 Å². The predicted molar refractivity (Wildman–Crippen MR) is 64.7 cm³/mol. The number of nitrogens with two attached hydrogens (primary N) is 1. The Morgan fingerprint density at radius 1 is 1.29 bits per heavy atom. The van der Waals surface area contributed by atoms with Crippen molar-refractivity contribution in [2.45, 2.75) is 13.2 Å². The highest BCUT2D eigenvalue weighted by atomic mass is 16.5. The number of ether oxygens (including phenoxy) is 1. The average Bonchev–Trinajstić information content (AvgIpc) is 2.82. The molecule has 17 heavy (non-hydrogen) atoms. The molecule has 2 N–H and O–H groups in total. The van der Waals surface area contributed by atoms with Crippen LogP contribution in [0.3, 0.4) is 0 Å². The molecule has 1 atom stereocenters. The summed E-state index contributed by atoms with van der Waals surface area (Å²) in [4.78, 5) is 11.0. The van der Waals surface area contributed by atoms with Gasteiger partial charge in [-0.1, -0.05) is 6.07 Å². The van der Waals surface area contributed by atoms with Crippen molar-refractivity contribution in [1.82, 2.24) is 4.57 Å². The predicted octanol–water partition coefficient (Wildman–Crippen LogP) is 2.18. The van der Waals surface area contributed by atoms with Crippen LogP contribution >= 0.6 is 0 Å². The second kappa shape index (κ2) is 4.74. The van der Waals surface area contributed by atoms with E-state index in [4.69, 9.17) is 10.5 Å². The van der Waals surface area contributed by atoms with E-state index in [9.17, 15) is 4.79 Å². The average molecular weight is 230 g/mol. The van der Waals surface area contributed by atoms with Crippen molar-refractivity contribution >= 4 is 5.91 Å². The van der Waals surface area contributed by atoms with Crippen molar-refractivity contribution in [3.63, 3.8) is 0 Å². The maximum absolute atomic E-state index is 11.0. The summed E-state index contributed by atoms with van der Waals surface area (Å²) in [7, 11) is 0. The van der Waals surface area contributed by atoms with Crippen LogP contribution in [0, 0.1) is 0 Å². The van der Waals surface area contributed by atoms with Gasteiger partial charge in [0.15, 0.2) is 6.23 Å². The molecule has 1 aromatic heterocycles. The maximum atomic E-state index is 11.0. The van der Waals surface area contributed by atoms with Gasteiger partial charge in [-0.25, -0.2) is 0 Å². The van der Waals surface area contributed by atoms with E-state index >= 15 is 0 Å². The number of primary amides is 1. The highest BCUT2D eigenvalue weighted by Crippen LogP contribution is 2.18. The van der Waals surface area contributed by atoms with E-state index < -0.39 is 5.91 Å². The van der Waals surface area contributed by atoms with E-state index in [-0.39, 0.29) is 6.23 Å². The molecule has 1 aromatic carbocycles.